The van der Waals surface area contributed by atoms with E-state index < -0.39 is 22.0 Å². The summed E-state index contributed by atoms with van der Waals surface area (Å²) in [6.07, 6.45) is 0. The van der Waals surface area contributed by atoms with Crippen molar-refractivity contribution in [1.29, 1.82) is 0 Å². The number of anilines is 4. The molecule has 0 radical (unpaired) electrons. The quantitative estimate of drug-likeness (QED) is 0.120. The van der Waals surface area contributed by atoms with Crippen LogP contribution in [0.2, 0.25) is 0 Å². The maximum atomic E-state index is 12.3. The van der Waals surface area contributed by atoms with Gasteiger partial charge in [-0.1, -0.05) is 48.5 Å². The van der Waals surface area contributed by atoms with Gasteiger partial charge in [-0.15, -0.1) is 0 Å². The van der Waals surface area contributed by atoms with Crippen LogP contribution in [0.4, 0.5) is 22.7 Å². The molecule has 6 rings (SSSR count). The maximum Gasteiger partial charge on any atom is 0.335 e. The number of fused-ring (bicyclic) bond motifs is 2. The van der Waals surface area contributed by atoms with Crippen LogP contribution in [-0.2, 0) is 16.7 Å². The number of benzene rings is 5. The van der Waals surface area contributed by atoms with Crippen molar-refractivity contribution in [2.24, 2.45) is 5.73 Å². The van der Waals surface area contributed by atoms with Crippen molar-refractivity contribution in [3.05, 3.63) is 137 Å². The Labute approximate surface area is 260 Å². The molecule has 0 spiro atoms. The van der Waals surface area contributed by atoms with Crippen molar-refractivity contribution in [2.45, 2.75) is 24.3 Å². The molecule has 0 aromatic heterocycles. The van der Waals surface area contributed by atoms with Gasteiger partial charge in [-0.3, -0.25) is 4.55 Å². The molecule has 1 unspecified atom stereocenters. The second-order valence-corrected chi connectivity index (χ2v) is 11.9. The molecule has 1 aliphatic rings. The van der Waals surface area contributed by atoms with Gasteiger partial charge in [0.05, 0.1) is 10.5 Å². The van der Waals surface area contributed by atoms with Crippen LogP contribution in [0.1, 0.15) is 44.1 Å². The summed E-state index contributed by atoms with van der Waals surface area (Å²) >= 11 is 0. The molecule has 0 fully saturated rings. The van der Waals surface area contributed by atoms with Crippen LogP contribution in [0.5, 0.6) is 11.5 Å². The third-order valence-electron chi connectivity index (χ3n) is 7.66. The van der Waals surface area contributed by atoms with E-state index in [1.807, 2.05) is 72.8 Å². The summed E-state index contributed by atoms with van der Waals surface area (Å²) in [5.74, 6) is -0.326. The van der Waals surface area contributed by atoms with Crippen LogP contribution in [0.15, 0.2) is 108 Å². The normalized spacial score (nSPS) is 13.4. The van der Waals surface area contributed by atoms with Crippen LogP contribution >= 0.6 is 0 Å². The van der Waals surface area contributed by atoms with E-state index in [4.69, 9.17) is 10.5 Å². The molecule has 230 valence electrons. The van der Waals surface area contributed by atoms with Gasteiger partial charge in [0.1, 0.15) is 11.5 Å². The van der Waals surface area contributed by atoms with Gasteiger partial charge in [-0.2, -0.15) is 8.42 Å². The minimum Gasteiger partial charge on any atom is -0.478 e. The number of ether oxygens (including phenoxy) is 1. The summed E-state index contributed by atoms with van der Waals surface area (Å²) in [5.41, 5.74) is 12.9. The van der Waals surface area contributed by atoms with Crippen molar-refractivity contribution < 1.29 is 33.1 Å². The average molecular weight is 626 g/mol. The summed E-state index contributed by atoms with van der Waals surface area (Å²) in [7, 11) is -4.33. The summed E-state index contributed by atoms with van der Waals surface area (Å²) in [6, 6.07) is 30.4. The van der Waals surface area contributed by atoms with Crippen molar-refractivity contribution in [1.82, 2.24) is 0 Å². The molecule has 0 saturated heterocycles. The molecule has 5 aromatic carbocycles. The highest BCUT2D eigenvalue weighted by atomic mass is 32.2. The van der Waals surface area contributed by atoms with E-state index in [2.05, 4.69) is 10.6 Å². The van der Waals surface area contributed by atoms with Gasteiger partial charge in [-0.25, -0.2) is 4.79 Å². The predicted molar refractivity (Wildman–Crippen MR) is 173 cm³/mol. The zero-order chi connectivity index (χ0) is 31.0. The number of rotatable bonds is 8. The lowest BCUT2D eigenvalue weighted by atomic mass is 9.80. The Morgan fingerprint density at radius 3 is 2.00 bits per heavy atom. The molecular weight excluding hydrogens is 594 g/mol. The second-order valence-electron chi connectivity index (χ2n) is 10.5. The summed E-state index contributed by atoms with van der Waals surface area (Å²) < 4.78 is 39.0. The molecule has 10 nitrogen and oxygen atoms in total. The highest BCUT2D eigenvalue weighted by Gasteiger charge is 2.32. The van der Waals surface area contributed by atoms with E-state index in [9.17, 15) is 22.9 Å². The fourth-order valence-corrected chi connectivity index (χ4v) is 6.08. The SMILES string of the molecule is Cc1cc(S(=O)(=O)O)ccc1Nc1ccc2c(c1)Oc1cc(Nc3ccccc3CN)ccc1C2c1ccccc1C(=O)O.O. The minimum atomic E-state index is -4.33. The topological polar surface area (TPSA) is 182 Å². The van der Waals surface area contributed by atoms with Gasteiger partial charge in [0.25, 0.3) is 10.1 Å². The molecule has 1 atom stereocenters. The van der Waals surface area contributed by atoms with Gasteiger partial charge in [-0.05, 0) is 66.1 Å². The molecule has 0 bridgehead atoms. The van der Waals surface area contributed by atoms with Crippen LogP contribution in [0.25, 0.3) is 0 Å². The van der Waals surface area contributed by atoms with E-state index in [1.165, 1.54) is 12.1 Å². The highest BCUT2D eigenvalue weighted by Crippen LogP contribution is 2.50. The minimum absolute atomic E-state index is 0. The Bertz CT molecular complexity index is 2030. The molecule has 11 heteroatoms. The molecular formula is C34H31N3O7S. The maximum absolute atomic E-state index is 12.3. The number of para-hydroxylation sites is 1. The van der Waals surface area contributed by atoms with Gasteiger partial charge in [0.15, 0.2) is 0 Å². The highest BCUT2D eigenvalue weighted by molar-refractivity contribution is 7.85. The first kappa shape index (κ1) is 31.2. The standard InChI is InChI=1S/C34H29N3O6S.H2O/c1-20-16-24(44(40,41)42)12-15-29(20)36-22-10-13-27-31(17-22)43-32-18-23(37-30-9-5-2-6-21(30)19-35)11-14-28(32)33(27)25-7-3-4-8-26(25)34(38)39;/h2-18,33,36-37H,19,35H2,1H3,(H,38,39)(H,40,41,42);1H2. The van der Waals surface area contributed by atoms with Gasteiger partial charge in [0, 0.05) is 58.5 Å². The number of hydrogen-bond donors (Lipinski definition) is 5. The van der Waals surface area contributed by atoms with Crippen molar-refractivity contribution in [3.63, 3.8) is 0 Å². The predicted octanol–water partition coefficient (Wildman–Crippen LogP) is 6.35. The van der Waals surface area contributed by atoms with E-state index >= 15 is 0 Å². The summed E-state index contributed by atoms with van der Waals surface area (Å²) in [6.45, 7) is 2.11. The molecule has 1 aliphatic heterocycles. The number of carboxylic acids is 1. The number of carboxylic acid groups (broad SMARTS) is 1. The van der Waals surface area contributed by atoms with Crippen LogP contribution in [0.3, 0.4) is 0 Å². The summed E-state index contributed by atoms with van der Waals surface area (Å²) in [5, 5.41) is 16.8. The van der Waals surface area contributed by atoms with Crippen molar-refractivity contribution >= 4 is 38.8 Å². The number of aromatic carboxylic acids is 1. The molecule has 0 aliphatic carbocycles. The van der Waals surface area contributed by atoms with Crippen LogP contribution in [-0.4, -0.2) is 29.5 Å². The lowest BCUT2D eigenvalue weighted by Crippen LogP contribution is -2.15. The fraction of sp³-hybridized carbons (Fsp3) is 0.0882. The smallest absolute Gasteiger partial charge is 0.335 e. The lowest BCUT2D eigenvalue weighted by molar-refractivity contribution is 0.0695. The van der Waals surface area contributed by atoms with E-state index in [0.717, 1.165) is 28.1 Å². The molecule has 0 amide bonds. The average Bonchev–Trinajstić information content (AvgIpc) is 3.00. The van der Waals surface area contributed by atoms with Crippen LogP contribution in [0, 0.1) is 6.92 Å². The van der Waals surface area contributed by atoms with Crippen molar-refractivity contribution in [2.75, 3.05) is 10.6 Å². The first-order valence-electron chi connectivity index (χ1n) is 13.8. The number of aryl methyl sites for hydroxylation is 1. The van der Waals surface area contributed by atoms with E-state index in [1.54, 1.807) is 25.1 Å². The largest absolute Gasteiger partial charge is 0.478 e. The Kier molecular flexibility index (Phi) is 8.62. The first-order chi connectivity index (χ1) is 21.1. The zero-order valence-electron chi connectivity index (χ0n) is 24.1. The Morgan fingerprint density at radius 2 is 1.40 bits per heavy atom. The first-order valence-corrected chi connectivity index (χ1v) is 15.2. The molecule has 45 heavy (non-hydrogen) atoms. The summed E-state index contributed by atoms with van der Waals surface area (Å²) in [4.78, 5) is 12.1. The molecule has 0 saturated carbocycles. The Balaban J connectivity index is 0.00000400. The number of carbonyl (C=O) groups is 1. The number of nitrogens with two attached hydrogens (primary N) is 1. The van der Waals surface area contributed by atoms with Crippen LogP contribution < -0.4 is 21.1 Å². The third kappa shape index (κ3) is 6.24. The van der Waals surface area contributed by atoms with Gasteiger partial charge < -0.3 is 31.7 Å². The van der Waals surface area contributed by atoms with Crippen molar-refractivity contribution in [3.8, 4) is 11.5 Å². The second kappa shape index (κ2) is 12.4. The lowest BCUT2D eigenvalue weighted by Gasteiger charge is -2.30. The molecule has 8 N–H and O–H groups in total. The number of hydrogen-bond acceptors (Lipinski definition) is 7. The Morgan fingerprint density at radius 1 is 0.800 bits per heavy atom. The third-order valence-corrected chi connectivity index (χ3v) is 8.51. The molecule has 1 heterocycles. The van der Waals surface area contributed by atoms with Gasteiger partial charge in [0.2, 0.25) is 0 Å². The van der Waals surface area contributed by atoms with Gasteiger partial charge >= 0.3 is 5.97 Å². The van der Waals surface area contributed by atoms with E-state index in [-0.39, 0.29) is 15.9 Å². The fourth-order valence-electron chi connectivity index (χ4n) is 5.51. The Hall–Kier alpha value is -5.20. The number of nitrogens with one attached hydrogen (secondary N) is 2. The monoisotopic (exact) mass is 625 g/mol. The zero-order valence-corrected chi connectivity index (χ0v) is 24.9. The molecule has 5 aromatic rings. The van der Waals surface area contributed by atoms with E-state index in [0.29, 0.717) is 40.5 Å².